The van der Waals surface area contributed by atoms with Crippen LogP contribution in [0.2, 0.25) is 15.1 Å². The molecule has 1 aliphatic rings. The average Bonchev–Trinajstić information content (AvgIpc) is 3.06. The summed E-state index contributed by atoms with van der Waals surface area (Å²) in [7, 11) is 0. The summed E-state index contributed by atoms with van der Waals surface area (Å²) in [6, 6.07) is 12.5. The van der Waals surface area contributed by atoms with Crippen molar-refractivity contribution in [1.82, 2.24) is 20.2 Å². The first kappa shape index (κ1) is 21.2. The predicted molar refractivity (Wildman–Crippen MR) is 122 cm³/mol. The number of nitrogens with zero attached hydrogens (tertiary/aromatic N) is 3. The van der Waals surface area contributed by atoms with E-state index < -0.39 is 0 Å². The summed E-state index contributed by atoms with van der Waals surface area (Å²) in [6.45, 7) is 3.57. The topological polar surface area (TPSA) is 50.2 Å². The molecule has 2 aromatic carbocycles. The Morgan fingerprint density at radius 3 is 2.30 bits per heavy atom. The standard InChI is InChI=1S/C22H21Cl3N4O/c1-14-20(15-5-7-16(23)8-6-15)26-29(19-10-9-17(24)13-18(19)25)21(14)22(30)27-28-11-3-2-4-12-28/h5-10,13H,2-4,11-12H2,1H3,(H,27,30). The van der Waals surface area contributed by atoms with Gasteiger partial charge in [0.25, 0.3) is 5.91 Å². The third-order valence-electron chi connectivity index (χ3n) is 5.21. The van der Waals surface area contributed by atoms with Crippen LogP contribution in [0.15, 0.2) is 42.5 Å². The number of carbonyl (C=O) groups is 1. The summed E-state index contributed by atoms with van der Waals surface area (Å²) in [6.07, 6.45) is 3.32. The van der Waals surface area contributed by atoms with Crippen molar-refractivity contribution in [2.75, 3.05) is 13.1 Å². The summed E-state index contributed by atoms with van der Waals surface area (Å²) in [5, 5.41) is 8.29. The van der Waals surface area contributed by atoms with E-state index in [0.717, 1.165) is 37.1 Å². The molecule has 1 saturated heterocycles. The van der Waals surface area contributed by atoms with Crippen LogP contribution in [0.1, 0.15) is 35.3 Å². The molecular weight excluding hydrogens is 443 g/mol. The molecule has 0 aliphatic carbocycles. The Morgan fingerprint density at radius 1 is 0.967 bits per heavy atom. The zero-order valence-electron chi connectivity index (χ0n) is 16.5. The van der Waals surface area contributed by atoms with Gasteiger partial charge in [-0.25, -0.2) is 9.69 Å². The molecule has 2 heterocycles. The highest BCUT2D eigenvalue weighted by Gasteiger charge is 2.25. The monoisotopic (exact) mass is 462 g/mol. The number of piperidine rings is 1. The predicted octanol–water partition coefficient (Wildman–Crippen LogP) is 5.94. The zero-order chi connectivity index (χ0) is 21.3. The first-order valence-electron chi connectivity index (χ1n) is 9.81. The van der Waals surface area contributed by atoms with Crippen molar-refractivity contribution in [2.45, 2.75) is 26.2 Å². The molecule has 1 fully saturated rings. The largest absolute Gasteiger partial charge is 0.284 e. The van der Waals surface area contributed by atoms with E-state index >= 15 is 0 Å². The Bertz CT molecular complexity index is 1070. The second-order valence-corrected chi connectivity index (χ2v) is 8.61. The van der Waals surface area contributed by atoms with Crippen LogP contribution in [0, 0.1) is 6.92 Å². The van der Waals surface area contributed by atoms with Crippen molar-refractivity contribution < 1.29 is 4.79 Å². The highest BCUT2D eigenvalue weighted by Crippen LogP contribution is 2.31. The SMILES string of the molecule is Cc1c(-c2ccc(Cl)cc2)nn(-c2ccc(Cl)cc2Cl)c1C(=O)NN1CCCCC1. The fourth-order valence-corrected chi connectivity index (χ4v) is 4.29. The number of benzene rings is 2. The molecule has 3 aromatic rings. The van der Waals surface area contributed by atoms with Crippen LogP contribution in [0.4, 0.5) is 0 Å². The van der Waals surface area contributed by atoms with Crippen molar-refractivity contribution in [1.29, 1.82) is 0 Å². The summed E-state index contributed by atoms with van der Waals surface area (Å²) in [5.41, 5.74) is 6.39. The summed E-state index contributed by atoms with van der Waals surface area (Å²) in [4.78, 5) is 13.3. The molecule has 0 spiro atoms. The maximum absolute atomic E-state index is 13.3. The lowest BCUT2D eigenvalue weighted by Gasteiger charge is -2.27. The quantitative estimate of drug-likeness (QED) is 0.521. The smallest absolute Gasteiger partial charge is 0.283 e. The van der Waals surface area contributed by atoms with E-state index in [1.165, 1.54) is 6.42 Å². The van der Waals surface area contributed by atoms with Gasteiger partial charge in [-0.05, 0) is 50.1 Å². The van der Waals surface area contributed by atoms with Gasteiger partial charge in [-0.2, -0.15) is 5.10 Å². The summed E-state index contributed by atoms with van der Waals surface area (Å²) >= 11 is 18.6. The first-order chi connectivity index (χ1) is 14.4. The van der Waals surface area contributed by atoms with Crippen molar-refractivity contribution in [3.63, 3.8) is 0 Å². The summed E-state index contributed by atoms with van der Waals surface area (Å²) < 4.78 is 1.59. The number of amides is 1. The molecule has 0 atom stereocenters. The molecule has 1 aliphatic heterocycles. The second kappa shape index (κ2) is 8.98. The van der Waals surface area contributed by atoms with E-state index in [9.17, 15) is 4.79 Å². The number of hydrogen-bond acceptors (Lipinski definition) is 3. The van der Waals surface area contributed by atoms with Gasteiger partial charge in [0.15, 0.2) is 0 Å². The minimum Gasteiger partial charge on any atom is -0.283 e. The molecule has 0 radical (unpaired) electrons. The van der Waals surface area contributed by atoms with Crippen molar-refractivity contribution >= 4 is 40.7 Å². The molecule has 0 saturated carbocycles. The van der Waals surface area contributed by atoms with Crippen LogP contribution < -0.4 is 5.43 Å². The Morgan fingerprint density at radius 2 is 1.63 bits per heavy atom. The highest BCUT2D eigenvalue weighted by atomic mass is 35.5. The van der Waals surface area contributed by atoms with E-state index in [1.807, 2.05) is 24.1 Å². The van der Waals surface area contributed by atoms with Gasteiger partial charge in [0, 0.05) is 34.3 Å². The van der Waals surface area contributed by atoms with Gasteiger partial charge in [-0.3, -0.25) is 10.2 Å². The fourth-order valence-electron chi connectivity index (χ4n) is 3.67. The number of hydrazine groups is 1. The number of rotatable bonds is 4. The van der Waals surface area contributed by atoms with Crippen LogP contribution in [-0.4, -0.2) is 33.8 Å². The van der Waals surface area contributed by atoms with Crippen molar-refractivity contribution in [3.05, 3.63) is 68.8 Å². The second-order valence-electron chi connectivity index (χ2n) is 7.33. The van der Waals surface area contributed by atoms with Gasteiger partial charge in [0.05, 0.1) is 16.4 Å². The Labute approximate surface area is 190 Å². The number of aromatic nitrogens is 2. The third kappa shape index (κ3) is 4.35. The van der Waals surface area contributed by atoms with Crippen LogP contribution in [0.25, 0.3) is 16.9 Å². The van der Waals surface area contributed by atoms with Gasteiger partial charge in [-0.1, -0.05) is 53.4 Å². The molecule has 0 unspecified atom stereocenters. The van der Waals surface area contributed by atoms with Gasteiger partial charge < -0.3 is 0 Å². The Kier molecular flexibility index (Phi) is 6.34. The molecule has 1 N–H and O–H groups in total. The lowest BCUT2D eigenvalue weighted by Crippen LogP contribution is -2.45. The lowest BCUT2D eigenvalue weighted by atomic mass is 10.1. The van der Waals surface area contributed by atoms with E-state index in [0.29, 0.717) is 32.1 Å². The molecule has 30 heavy (non-hydrogen) atoms. The Hall–Kier alpha value is -2.05. The molecule has 4 rings (SSSR count). The molecule has 1 aromatic heterocycles. The van der Waals surface area contributed by atoms with Gasteiger partial charge >= 0.3 is 0 Å². The third-order valence-corrected chi connectivity index (χ3v) is 6.00. The number of halogens is 3. The van der Waals surface area contributed by atoms with Crippen molar-refractivity contribution in [2.24, 2.45) is 0 Å². The molecular formula is C22H21Cl3N4O. The first-order valence-corrected chi connectivity index (χ1v) is 10.9. The molecule has 8 heteroatoms. The average molecular weight is 464 g/mol. The van der Waals surface area contributed by atoms with E-state index in [4.69, 9.17) is 39.9 Å². The maximum Gasteiger partial charge on any atom is 0.284 e. The van der Waals surface area contributed by atoms with Crippen LogP contribution >= 0.6 is 34.8 Å². The minimum atomic E-state index is -0.215. The van der Waals surface area contributed by atoms with E-state index in [-0.39, 0.29) is 5.91 Å². The fraction of sp³-hybridized carbons (Fsp3) is 0.273. The Balaban J connectivity index is 1.81. The lowest BCUT2D eigenvalue weighted by molar-refractivity contribution is 0.0741. The van der Waals surface area contributed by atoms with Crippen molar-refractivity contribution in [3.8, 4) is 16.9 Å². The van der Waals surface area contributed by atoms with Gasteiger partial charge in [-0.15, -0.1) is 0 Å². The molecule has 1 amide bonds. The van der Waals surface area contributed by atoms with Gasteiger partial charge in [0.2, 0.25) is 0 Å². The minimum absolute atomic E-state index is 0.215. The zero-order valence-corrected chi connectivity index (χ0v) is 18.7. The molecule has 156 valence electrons. The van der Waals surface area contributed by atoms with E-state index in [1.54, 1.807) is 35.0 Å². The van der Waals surface area contributed by atoms with Crippen LogP contribution in [-0.2, 0) is 0 Å². The van der Waals surface area contributed by atoms with E-state index in [2.05, 4.69) is 5.43 Å². The van der Waals surface area contributed by atoms with Gasteiger partial charge in [0.1, 0.15) is 5.69 Å². The number of hydrogen-bond donors (Lipinski definition) is 1. The number of carbonyl (C=O) groups excluding carboxylic acids is 1. The van der Waals surface area contributed by atoms with Crippen LogP contribution in [0.3, 0.4) is 0 Å². The number of nitrogens with one attached hydrogen (secondary N) is 1. The van der Waals surface area contributed by atoms with Crippen LogP contribution in [0.5, 0.6) is 0 Å². The highest BCUT2D eigenvalue weighted by molar-refractivity contribution is 6.35. The summed E-state index contributed by atoms with van der Waals surface area (Å²) in [5.74, 6) is -0.215. The maximum atomic E-state index is 13.3. The normalized spacial score (nSPS) is 14.7. The molecule has 0 bridgehead atoms. The molecule has 5 nitrogen and oxygen atoms in total.